The molecule has 3 heteroatoms. The van der Waals surface area contributed by atoms with Crippen LogP contribution >= 0.6 is 0 Å². The van der Waals surface area contributed by atoms with Crippen LogP contribution in [-0.2, 0) is 11.2 Å². The maximum atomic E-state index is 12.1. The van der Waals surface area contributed by atoms with Crippen LogP contribution < -0.4 is 0 Å². The van der Waals surface area contributed by atoms with Gasteiger partial charge in [-0.25, -0.2) is 0 Å². The Morgan fingerprint density at radius 1 is 1.21 bits per heavy atom. The van der Waals surface area contributed by atoms with Crippen LogP contribution in [0.2, 0.25) is 0 Å². The second kappa shape index (κ2) is 5.85. The van der Waals surface area contributed by atoms with E-state index < -0.39 is 6.10 Å². The van der Waals surface area contributed by atoms with Crippen molar-refractivity contribution in [2.75, 3.05) is 13.6 Å². The molecule has 1 atom stereocenters. The minimum absolute atomic E-state index is 0.0252. The third kappa shape index (κ3) is 3.32. The second-order valence-electron chi connectivity index (χ2n) is 4.94. The smallest absolute Gasteiger partial charge is 0.226 e. The number of carbonyl (C=O) groups is 1. The number of nitrogens with zero attached hydrogens (tertiary/aromatic N) is 1. The molecule has 100 valence electrons. The third-order valence-electron chi connectivity index (χ3n) is 3.19. The fraction of sp³-hybridized carbons (Fsp3) is 0.312. The summed E-state index contributed by atoms with van der Waals surface area (Å²) in [5.41, 5.74) is 1.03. The van der Waals surface area contributed by atoms with Gasteiger partial charge in [0.05, 0.1) is 12.5 Å². The van der Waals surface area contributed by atoms with Gasteiger partial charge in [0.25, 0.3) is 0 Å². The first kappa shape index (κ1) is 13.6. The molecule has 0 radical (unpaired) electrons. The Morgan fingerprint density at radius 3 is 2.63 bits per heavy atom. The fourth-order valence-corrected chi connectivity index (χ4v) is 2.24. The number of hydrogen-bond acceptors (Lipinski definition) is 2. The molecule has 0 aliphatic heterocycles. The van der Waals surface area contributed by atoms with E-state index in [0.717, 1.165) is 16.3 Å². The quantitative estimate of drug-likeness (QED) is 0.912. The van der Waals surface area contributed by atoms with E-state index in [1.54, 1.807) is 18.9 Å². The van der Waals surface area contributed by atoms with Crippen molar-refractivity contribution in [3.63, 3.8) is 0 Å². The molecule has 0 spiro atoms. The topological polar surface area (TPSA) is 40.5 Å². The van der Waals surface area contributed by atoms with Gasteiger partial charge < -0.3 is 10.0 Å². The first-order chi connectivity index (χ1) is 9.08. The molecule has 3 nitrogen and oxygen atoms in total. The molecular weight excluding hydrogens is 238 g/mol. The van der Waals surface area contributed by atoms with Crippen molar-refractivity contribution in [1.29, 1.82) is 0 Å². The summed E-state index contributed by atoms with van der Waals surface area (Å²) in [6, 6.07) is 14.1. The van der Waals surface area contributed by atoms with Crippen molar-refractivity contribution in [1.82, 2.24) is 4.90 Å². The first-order valence-electron chi connectivity index (χ1n) is 6.46. The van der Waals surface area contributed by atoms with E-state index in [1.807, 2.05) is 42.5 Å². The minimum atomic E-state index is -0.499. The Kier molecular flexibility index (Phi) is 4.17. The molecule has 0 aliphatic rings. The molecule has 0 heterocycles. The van der Waals surface area contributed by atoms with Gasteiger partial charge in [0, 0.05) is 13.6 Å². The summed E-state index contributed by atoms with van der Waals surface area (Å²) >= 11 is 0. The lowest BCUT2D eigenvalue weighted by Gasteiger charge is -2.19. The van der Waals surface area contributed by atoms with Gasteiger partial charge in [-0.05, 0) is 23.3 Å². The number of aliphatic hydroxyl groups is 1. The average molecular weight is 257 g/mol. The molecule has 0 saturated heterocycles. The standard InChI is InChI=1S/C16H19NO2/c1-12(18)11-17(2)16(19)10-14-8-5-7-13-6-3-4-9-15(13)14/h3-9,12,18H,10-11H2,1-2H3. The van der Waals surface area contributed by atoms with Gasteiger partial charge >= 0.3 is 0 Å². The molecule has 0 aliphatic carbocycles. The zero-order valence-corrected chi connectivity index (χ0v) is 11.3. The SMILES string of the molecule is CC(O)CN(C)C(=O)Cc1cccc2ccccc12. The largest absolute Gasteiger partial charge is 0.392 e. The maximum absolute atomic E-state index is 12.1. The van der Waals surface area contributed by atoms with Gasteiger partial charge in [-0.3, -0.25) is 4.79 Å². The highest BCUT2D eigenvalue weighted by atomic mass is 16.3. The van der Waals surface area contributed by atoms with Crippen LogP contribution in [0.4, 0.5) is 0 Å². The van der Waals surface area contributed by atoms with Crippen molar-refractivity contribution < 1.29 is 9.90 Å². The Bertz CT molecular complexity index is 572. The molecule has 19 heavy (non-hydrogen) atoms. The van der Waals surface area contributed by atoms with Crippen molar-refractivity contribution in [2.45, 2.75) is 19.4 Å². The Hall–Kier alpha value is -1.87. The van der Waals surface area contributed by atoms with E-state index in [2.05, 4.69) is 0 Å². The summed E-state index contributed by atoms with van der Waals surface area (Å²) in [5, 5.41) is 11.6. The summed E-state index contributed by atoms with van der Waals surface area (Å²) in [4.78, 5) is 13.7. The van der Waals surface area contributed by atoms with Gasteiger partial charge in [-0.15, -0.1) is 0 Å². The van der Waals surface area contributed by atoms with Crippen LogP contribution in [0.1, 0.15) is 12.5 Å². The summed E-state index contributed by atoms with van der Waals surface area (Å²) in [6.45, 7) is 2.05. The molecule has 2 aromatic rings. The molecule has 0 aromatic heterocycles. The van der Waals surface area contributed by atoms with Gasteiger partial charge in [0.1, 0.15) is 0 Å². The van der Waals surface area contributed by atoms with E-state index in [0.29, 0.717) is 13.0 Å². The molecule has 2 aromatic carbocycles. The number of hydrogen-bond donors (Lipinski definition) is 1. The first-order valence-corrected chi connectivity index (χ1v) is 6.46. The van der Waals surface area contributed by atoms with Crippen molar-refractivity contribution >= 4 is 16.7 Å². The van der Waals surface area contributed by atoms with Crippen molar-refractivity contribution in [2.24, 2.45) is 0 Å². The van der Waals surface area contributed by atoms with Gasteiger partial charge in [0.15, 0.2) is 0 Å². The van der Waals surface area contributed by atoms with Crippen molar-refractivity contribution in [3.8, 4) is 0 Å². The lowest BCUT2D eigenvalue weighted by atomic mass is 10.0. The number of fused-ring (bicyclic) bond motifs is 1. The predicted octanol–water partition coefficient (Wildman–Crippen LogP) is 2.22. The predicted molar refractivity (Wildman–Crippen MR) is 77.0 cm³/mol. The van der Waals surface area contributed by atoms with E-state index in [1.165, 1.54) is 0 Å². The maximum Gasteiger partial charge on any atom is 0.226 e. The highest BCUT2D eigenvalue weighted by molar-refractivity contribution is 5.90. The monoisotopic (exact) mass is 257 g/mol. The molecule has 1 amide bonds. The number of amides is 1. The molecule has 2 rings (SSSR count). The summed E-state index contributed by atoms with van der Waals surface area (Å²) in [5.74, 6) is 0.0252. The molecular formula is C16H19NO2. The highest BCUT2D eigenvalue weighted by Crippen LogP contribution is 2.19. The van der Waals surface area contributed by atoms with Gasteiger partial charge in [0.2, 0.25) is 5.91 Å². The highest BCUT2D eigenvalue weighted by Gasteiger charge is 2.12. The normalized spacial score (nSPS) is 12.4. The van der Waals surface area contributed by atoms with E-state index in [-0.39, 0.29) is 5.91 Å². The average Bonchev–Trinajstić information content (AvgIpc) is 2.38. The third-order valence-corrected chi connectivity index (χ3v) is 3.19. The number of benzene rings is 2. The van der Waals surface area contributed by atoms with Crippen LogP contribution in [0.15, 0.2) is 42.5 Å². The number of likely N-dealkylation sites (N-methyl/N-ethyl adjacent to an activating group) is 1. The van der Waals surface area contributed by atoms with Crippen LogP contribution in [0, 0.1) is 0 Å². The van der Waals surface area contributed by atoms with Gasteiger partial charge in [-0.1, -0.05) is 42.5 Å². The number of aliphatic hydroxyl groups excluding tert-OH is 1. The second-order valence-corrected chi connectivity index (χ2v) is 4.94. The molecule has 0 fully saturated rings. The molecule has 0 saturated carbocycles. The van der Waals surface area contributed by atoms with Crippen LogP contribution in [0.25, 0.3) is 10.8 Å². The van der Waals surface area contributed by atoms with E-state index >= 15 is 0 Å². The van der Waals surface area contributed by atoms with E-state index in [4.69, 9.17) is 0 Å². The number of carbonyl (C=O) groups excluding carboxylic acids is 1. The van der Waals surface area contributed by atoms with Crippen molar-refractivity contribution in [3.05, 3.63) is 48.0 Å². The fourth-order valence-electron chi connectivity index (χ4n) is 2.24. The molecule has 1 unspecified atom stereocenters. The molecule has 1 N–H and O–H groups in total. The van der Waals surface area contributed by atoms with Crippen LogP contribution in [-0.4, -0.2) is 35.6 Å². The lowest BCUT2D eigenvalue weighted by Crippen LogP contribution is -2.34. The minimum Gasteiger partial charge on any atom is -0.392 e. The van der Waals surface area contributed by atoms with Gasteiger partial charge in [-0.2, -0.15) is 0 Å². The zero-order chi connectivity index (χ0) is 13.8. The van der Waals surface area contributed by atoms with Crippen LogP contribution in [0.3, 0.4) is 0 Å². The summed E-state index contributed by atoms with van der Waals surface area (Å²) in [7, 11) is 1.72. The van der Waals surface area contributed by atoms with E-state index in [9.17, 15) is 9.90 Å². The Labute approximate surface area is 113 Å². The zero-order valence-electron chi connectivity index (χ0n) is 11.3. The number of rotatable bonds is 4. The Morgan fingerprint density at radius 2 is 1.89 bits per heavy atom. The lowest BCUT2D eigenvalue weighted by molar-refractivity contribution is -0.130. The Balaban J connectivity index is 2.19. The molecule has 0 bridgehead atoms. The summed E-state index contributed by atoms with van der Waals surface area (Å²) in [6.07, 6.45) is -0.133. The van der Waals surface area contributed by atoms with Crippen LogP contribution in [0.5, 0.6) is 0 Å². The summed E-state index contributed by atoms with van der Waals surface area (Å²) < 4.78 is 0.